The summed E-state index contributed by atoms with van der Waals surface area (Å²) in [6, 6.07) is -0.904. The van der Waals surface area contributed by atoms with Crippen molar-refractivity contribution >= 4 is 11.9 Å². The Morgan fingerprint density at radius 1 is 1.40 bits per heavy atom. The van der Waals surface area contributed by atoms with E-state index in [0.717, 1.165) is 6.42 Å². The number of carbonyl (C=O) groups is 2. The second-order valence-electron chi connectivity index (χ2n) is 3.05. The first-order valence-corrected chi connectivity index (χ1v) is 4.65. The van der Waals surface area contributed by atoms with E-state index in [1.54, 1.807) is 0 Å². The average Bonchev–Trinajstić information content (AvgIpc) is 2.16. The molecule has 0 fully saturated rings. The van der Waals surface area contributed by atoms with Gasteiger partial charge in [-0.2, -0.15) is 0 Å². The Hall–Kier alpha value is -1.18. The lowest BCUT2D eigenvalue weighted by molar-refractivity contribution is -0.142. The van der Waals surface area contributed by atoms with Gasteiger partial charge in [-0.25, -0.2) is 10.7 Å². The highest BCUT2D eigenvalue weighted by molar-refractivity contribution is 5.84. The van der Waals surface area contributed by atoms with E-state index in [2.05, 4.69) is 16.1 Å². The zero-order valence-electron chi connectivity index (χ0n) is 8.44. The summed E-state index contributed by atoms with van der Waals surface area (Å²) < 4.78 is 0. The van der Waals surface area contributed by atoms with Crippen LogP contribution in [0.3, 0.4) is 0 Å². The minimum atomic E-state index is -1.07. The molecule has 1 amide bonds. The van der Waals surface area contributed by atoms with Gasteiger partial charge >= 0.3 is 5.97 Å². The number of nitrogens with two attached hydrogens (primary N) is 2. The predicted molar refractivity (Wildman–Crippen MR) is 52.6 cm³/mol. The monoisotopic (exact) mass is 219 g/mol. The van der Waals surface area contributed by atoms with Crippen molar-refractivity contribution in [1.82, 2.24) is 5.32 Å². The Kier molecular flexibility index (Phi) is 7.51. The van der Waals surface area contributed by atoms with E-state index in [4.69, 9.17) is 10.8 Å². The van der Waals surface area contributed by atoms with Gasteiger partial charge in [-0.1, -0.05) is 0 Å². The topological polar surface area (TPSA) is 128 Å². The molecule has 0 aromatic carbocycles. The van der Waals surface area contributed by atoms with Crippen molar-refractivity contribution in [3.63, 3.8) is 0 Å². The van der Waals surface area contributed by atoms with Crippen molar-refractivity contribution in [2.24, 2.45) is 11.6 Å². The summed E-state index contributed by atoms with van der Waals surface area (Å²) in [5, 5.41) is 11.1. The number of hydrogen-bond donors (Lipinski definition) is 4. The van der Waals surface area contributed by atoms with Crippen molar-refractivity contribution in [3.8, 4) is 0 Å². The SMILES string of the molecule is NCCCC[C@@H](NC(=O)CON)C(=O)O. The van der Waals surface area contributed by atoms with Crippen LogP contribution >= 0.6 is 0 Å². The van der Waals surface area contributed by atoms with Crippen molar-refractivity contribution in [1.29, 1.82) is 0 Å². The second kappa shape index (κ2) is 8.16. The zero-order chi connectivity index (χ0) is 11.7. The number of rotatable bonds is 8. The third-order valence-corrected chi connectivity index (χ3v) is 1.79. The van der Waals surface area contributed by atoms with E-state index in [1.807, 2.05) is 0 Å². The quantitative estimate of drug-likeness (QED) is 0.293. The van der Waals surface area contributed by atoms with Crippen LogP contribution in [0.15, 0.2) is 0 Å². The minimum absolute atomic E-state index is 0.347. The van der Waals surface area contributed by atoms with Crippen molar-refractivity contribution in [2.75, 3.05) is 13.2 Å². The molecule has 0 radical (unpaired) electrons. The molecule has 0 spiro atoms. The molecule has 0 rings (SSSR count). The van der Waals surface area contributed by atoms with Gasteiger partial charge in [0.05, 0.1) is 0 Å². The van der Waals surface area contributed by atoms with E-state index in [-0.39, 0.29) is 6.61 Å². The number of nitrogens with one attached hydrogen (secondary N) is 1. The molecule has 6 N–H and O–H groups in total. The third kappa shape index (κ3) is 6.83. The molecule has 0 saturated carbocycles. The van der Waals surface area contributed by atoms with Gasteiger partial charge in [0, 0.05) is 0 Å². The maximum atomic E-state index is 11.0. The molecule has 0 bridgehead atoms. The molecule has 0 heterocycles. The highest BCUT2D eigenvalue weighted by Gasteiger charge is 2.18. The number of carboxylic acid groups (broad SMARTS) is 1. The Balaban J connectivity index is 3.93. The van der Waals surface area contributed by atoms with Crippen LogP contribution in [0.2, 0.25) is 0 Å². The van der Waals surface area contributed by atoms with E-state index >= 15 is 0 Å². The van der Waals surface area contributed by atoms with Crippen molar-refractivity contribution in [2.45, 2.75) is 25.3 Å². The highest BCUT2D eigenvalue weighted by atomic mass is 16.6. The Bertz CT molecular complexity index is 210. The van der Waals surface area contributed by atoms with Crippen LogP contribution in [0.5, 0.6) is 0 Å². The molecule has 0 aliphatic rings. The first-order valence-electron chi connectivity index (χ1n) is 4.65. The lowest BCUT2D eigenvalue weighted by atomic mass is 10.1. The molecule has 7 nitrogen and oxygen atoms in total. The standard InChI is InChI=1S/C8H17N3O4/c9-4-2-1-3-6(8(13)14)11-7(12)5-15-10/h6H,1-5,9-10H2,(H,11,12)(H,13,14)/t6-/m1/s1. The predicted octanol–water partition coefficient (Wildman–Crippen LogP) is -1.42. The van der Waals surface area contributed by atoms with Crippen LogP contribution in [-0.4, -0.2) is 36.2 Å². The van der Waals surface area contributed by atoms with Crippen LogP contribution in [0.1, 0.15) is 19.3 Å². The van der Waals surface area contributed by atoms with Gasteiger partial charge in [0.1, 0.15) is 12.6 Å². The molecule has 88 valence electrons. The first-order chi connectivity index (χ1) is 7.11. The fourth-order valence-corrected chi connectivity index (χ4v) is 1.06. The van der Waals surface area contributed by atoms with E-state index in [9.17, 15) is 9.59 Å². The maximum Gasteiger partial charge on any atom is 0.326 e. The summed E-state index contributed by atoms with van der Waals surface area (Å²) in [6.07, 6.45) is 1.73. The van der Waals surface area contributed by atoms with Crippen LogP contribution < -0.4 is 16.9 Å². The van der Waals surface area contributed by atoms with Crippen molar-refractivity contribution in [3.05, 3.63) is 0 Å². The molecule has 0 aromatic rings. The summed E-state index contributed by atoms with van der Waals surface area (Å²) in [4.78, 5) is 25.8. The van der Waals surface area contributed by atoms with Gasteiger partial charge in [0.2, 0.25) is 5.91 Å². The minimum Gasteiger partial charge on any atom is -0.480 e. The van der Waals surface area contributed by atoms with E-state index < -0.39 is 17.9 Å². The van der Waals surface area contributed by atoms with Gasteiger partial charge in [0.25, 0.3) is 0 Å². The Morgan fingerprint density at radius 2 is 2.07 bits per heavy atom. The first kappa shape index (κ1) is 13.8. The van der Waals surface area contributed by atoms with Crippen LogP contribution in [0.4, 0.5) is 0 Å². The van der Waals surface area contributed by atoms with Gasteiger partial charge in [-0.05, 0) is 25.8 Å². The number of amides is 1. The number of hydrogen-bond acceptors (Lipinski definition) is 5. The molecule has 0 saturated heterocycles. The molecule has 0 aliphatic carbocycles. The molecule has 0 aromatic heterocycles. The molecular weight excluding hydrogens is 202 g/mol. The van der Waals surface area contributed by atoms with Gasteiger partial charge in [-0.3, -0.25) is 9.63 Å². The zero-order valence-corrected chi connectivity index (χ0v) is 8.44. The van der Waals surface area contributed by atoms with Crippen LogP contribution in [-0.2, 0) is 14.4 Å². The summed E-state index contributed by atoms with van der Waals surface area (Å²) in [6.45, 7) is 0.160. The number of unbranched alkanes of at least 4 members (excludes halogenated alkanes) is 1. The smallest absolute Gasteiger partial charge is 0.326 e. The third-order valence-electron chi connectivity index (χ3n) is 1.79. The fourth-order valence-electron chi connectivity index (χ4n) is 1.06. The number of aliphatic carboxylic acids is 1. The van der Waals surface area contributed by atoms with Gasteiger partial charge < -0.3 is 16.2 Å². The second-order valence-corrected chi connectivity index (χ2v) is 3.05. The van der Waals surface area contributed by atoms with Crippen LogP contribution in [0.25, 0.3) is 0 Å². The molecule has 1 atom stereocenters. The summed E-state index contributed by atoms with van der Waals surface area (Å²) >= 11 is 0. The summed E-state index contributed by atoms with van der Waals surface area (Å²) in [7, 11) is 0. The Morgan fingerprint density at radius 3 is 2.53 bits per heavy atom. The number of carboxylic acids is 1. The molecule has 7 heteroatoms. The molecule has 0 aliphatic heterocycles. The van der Waals surface area contributed by atoms with Gasteiger partial charge in [0.15, 0.2) is 0 Å². The highest BCUT2D eigenvalue weighted by Crippen LogP contribution is 2.00. The van der Waals surface area contributed by atoms with E-state index in [0.29, 0.717) is 19.4 Å². The fraction of sp³-hybridized carbons (Fsp3) is 0.750. The lowest BCUT2D eigenvalue weighted by Gasteiger charge is -2.13. The lowest BCUT2D eigenvalue weighted by Crippen LogP contribution is -2.42. The van der Waals surface area contributed by atoms with E-state index in [1.165, 1.54) is 0 Å². The normalized spacial score (nSPS) is 12.1. The largest absolute Gasteiger partial charge is 0.480 e. The maximum absolute atomic E-state index is 11.0. The summed E-state index contributed by atoms with van der Waals surface area (Å²) in [5.74, 6) is 3.06. The van der Waals surface area contributed by atoms with Gasteiger partial charge in [-0.15, -0.1) is 0 Å². The summed E-state index contributed by atoms with van der Waals surface area (Å²) in [5.41, 5.74) is 5.27. The number of carbonyl (C=O) groups excluding carboxylic acids is 1. The van der Waals surface area contributed by atoms with Crippen molar-refractivity contribution < 1.29 is 19.5 Å². The average molecular weight is 219 g/mol. The molecular formula is C8H17N3O4. The molecule has 0 unspecified atom stereocenters. The van der Waals surface area contributed by atoms with Crippen LogP contribution in [0, 0.1) is 0 Å². The Labute approximate surface area is 87.7 Å². The molecule has 15 heavy (non-hydrogen) atoms.